The van der Waals surface area contributed by atoms with Gasteiger partial charge in [0.15, 0.2) is 0 Å². The van der Waals surface area contributed by atoms with Crippen LogP contribution in [0.3, 0.4) is 0 Å². The molecule has 3 nitrogen and oxygen atoms in total. The molecule has 2 unspecified atom stereocenters. The van der Waals surface area contributed by atoms with Crippen molar-refractivity contribution >= 4 is 0 Å². The topological polar surface area (TPSA) is 38.5 Å². The highest BCUT2D eigenvalue weighted by molar-refractivity contribution is 5.31. The predicted molar refractivity (Wildman–Crippen MR) is 94.8 cm³/mol. The van der Waals surface area contributed by atoms with E-state index in [0.717, 1.165) is 31.8 Å². The average Bonchev–Trinajstić information content (AvgIpc) is 2.56. The van der Waals surface area contributed by atoms with Gasteiger partial charge in [0.1, 0.15) is 5.75 Å². The second-order valence-corrected chi connectivity index (χ2v) is 6.65. The number of methoxy groups -OCH3 is 1. The molecule has 2 aromatic carbocycles. The first-order chi connectivity index (χ1) is 11.1. The number of rotatable bonds is 4. The summed E-state index contributed by atoms with van der Waals surface area (Å²) in [6, 6.07) is 17.4. The van der Waals surface area contributed by atoms with E-state index in [2.05, 4.69) is 54.3 Å². The quantitative estimate of drug-likeness (QED) is 0.941. The fourth-order valence-corrected chi connectivity index (χ4v) is 3.45. The molecule has 2 atom stereocenters. The number of nitrogens with two attached hydrogens (primary N) is 1. The van der Waals surface area contributed by atoms with Crippen LogP contribution in [0.5, 0.6) is 5.75 Å². The van der Waals surface area contributed by atoms with Gasteiger partial charge in [-0.2, -0.15) is 0 Å². The molecule has 0 aromatic heterocycles. The molecule has 1 saturated heterocycles. The first kappa shape index (κ1) is 16.0. The van der Waals surface area contributed by atoms with Crippen LogP contribution in [0.1, 0.15) is 29.0 Å². The maximum Gasteiger partial charge on any atom is 0.119 e. The van der Waals surface area contributed by atoms with Crippen LogP contribution < -0.4 is 10.5 Å². The summed E-state index contributed by atoms with van der Waals surface area (Å²) in [6.45, 7) is 5.11. The van der Waals surface area contributed by atoms with Crippen molar-refractivity contribution in [2.45, 2.75) is 31.8 Å². The molecule has 0 aliphatic carbocycles. The Labute approximate surface area is 139 Å². The van der Waals surface area contributed by atoms with Crippen molar-refractivity contribution in [1.82, 2.24) is 4.90 Å². The standard InChI is InChI=1S/C20H26N2O/c1-15-6-8-16(9-7-15)12-22-13-18(10-19(21)14-22)17-4-3-5-20(11-17)23-2/h3-9,11,18-19H,10,12-14,21H2,1-2H3. The monoisotopic (exact) mass is 310 g/mol. The number of hydrogen-bond donors (Lipinski definition) is 1. The summed E-state index contributed by atoms with van der Waals surface area (Å²) in [5, 5.41) is 0. The summed E-state index contributed by atoms with van der Waals surface area (Å²) in [5.74, 6) is 1.39. The van der Waals surface area contributed by atoms with E-state index < -0.39 is 0 Å². The van der Waals surface area contributed by atoms with Gasteiger partial charge >= 0.3 is 0 Å². The molecule has 1 fully saturated rings. The first-order valence-corrected chi connectivity index (χ1v) is 8.31. The number of ether oxygens (including phenoxy) is 1. The van der Waals surface area contributed by atoms with E-state index in [9.17, 15) is 0 Å². The zero-order chi connectivity index (χ0) is 16.2. The highest BCUT2D eigenvalue weighted by Gasteiger charge is 2.26. The van der Waals surface area contributed by atoms with Crippen LogP contribution in [0.15, 0.2) is 48.5 Å². The number of benzene rings is 2. The van der Waals surface area contributed by atoms with Gasteiger partial charge in [-0.1, -0.05) is 42.0 Å². The Morgan fingerprint density at radius 1 is 1.13 bits per heavy atom. The molecule has 23 heavy (non-hydrogen) atoms. The predicted octanol–water partition coefficient (Wildman–Crippen LogP) is 3.32. The summed E-state index contributed by atoms with van der Waals surface area (Å²) in [5.41, 5.74) is 10.3. The SMILES string of the molecule is COc1cccc(C2CC(N)CN(Cc3ccc(C)cc3)C2)c1. The van der Waals surface area contributed by atoms with Gasteiger partial charge in [-0.25, -0.2) is 0 Å². The summed E-state index contributed by atoms with van der Waals surface area (Å²) >= 11 is 0. The molecule has 122 valence electrons. The summed E-state index contributed by atoms with van der Waals surface area (Å²) in [4.78, 5) is 2.48. The fourth-order valence-electron chi connectivity index (χ4n) is 3.45. The Morgan fingerprint density at radius 2 is 1.91 bits per heavy atom. The molecular formula is C20H26N2O. The lowest BCUT2D eigenvalue weighted by molar-refractivity contribution is 0.181. The van der Waals surface area contributed by atoms with E-state index >= 15 is 0 Å². The van der Waals surface area contributed by atoms with E-state index in [1.165, 1.54) is 16.7 Å². The minimum absolute atomic E-state index is 0.227. The van der Waals surface area contributed by atoms with Crippen LogP contribution in [0, 0.1) is 6.92 Å². The molecule has 0 radical (unpaired) electrons. The highest BCUT2D eigenvalue weighted by Crippen LogP contribution is 2.29. The van der Waals surface area contributed by atoms with Gasteiger partial charge in [-0.3, -0.25) is 4.90 Å². The maximum atomic E-state index is 6.33. The lowest BCUT2D eigenvalue weighted by Crippen LogP contribution is -2.45. The lowest BCUT2D eigenvalue weighted by Gasteiger charge is -2.36. The van der Waals surface area contributed by atoms with Gasteiger partial charge in [0.2, 0.25) is 0 Å². The van der Waals surface area contributed by atoms with Crippen LogP contribution in [0.4, 0.5) is 0 Å². The number of piperidine rings is 1. The number of nitrogens with zero attached hydrogens (tertiary/aromatic N) is 1. The molecule has 0 amide bonds. The van der Waals surface area contributed by atoms with E-state index in [1.807, 2.05) is 6.07 Å². The van der Waals surface area contributed by atoms with Crippen LogP contribution >= 0.6 is 0 Å². The van der Waals surface area contributed by atoms with Crippen molar-refractivity contribution in [3.05, 3.63) is 65.2 Å². The molecule has 0 spiro atoms. The molecule has 1 aliphatic rings. The van der Waals surface area contributed by atoms with Gasteiger partial charge in [0.25, 0.3) is 0 Å². The molecule has 2 N–H and O–H groups in total. The fraction of sp³-hybridized carbons (Fsp3) is 0.400. The van der Waals surface area contributed by atoms with Crippen LogP contribution in [-0.2, 0) is 6.54 Å². The minimum Gasteiger partial charge on any atom is -0.497 e. The Bertz CT molecular complexity index is 638. The van der Waals surface area contributed by atoms with Crippen molar-refractivity contribution < 1.29 is 4.74 Å². The third-order valence-electron chi connectivity index (χ3n) is 4.65. The van der Waals surface area contributed by atoms with Gasteiger partial charge in [0.05, 0.1) is 7.11 Å². The third-order valence-corrected chi connectivity index (χ3v) is 4.65. The normalized spacial score (nSPS) is 22.0. The van der Waals surface area contributed by atoms with Crippen LogP contribution in [0.25, 0.3) is 0 Å². The maximum absolute atomic E-state index is 6.33. The summed E-state index contributed by atoms with van der Waals surface area (Å²) < 4.78 is 5.36. The number of likely N-dealkylation sites (tertiary alicyclic amines) is 1. The average molecular weight is 310 g/mol. The van der Waals surface area contributed by atoms with Crippen molar-refractivity contribution in [3.8, 4) is 5.75 Å². The zero-order valence-corrected chi connectivity index (χ0v) is 14.0. The Hall–Kier alpha value is -1.84. The molecule has 0 saturated carbocycles. The van der Waals surface area contributed by atoms with Gasteiger partial charge < -0.3 is 10.5 Å². The molecule has 1 aliphatic heterocycles. The van der Waals surface area contributed by atoms with E-state index in [-0.39, 0.29) is 6.04 Å². The Kier molecular flexibility index (Phi) is 4.99. The van der Waals surface area contributed by atoms with Crippen molar-refractivity contribution in [1.29, 1.82) is 0 Å². The lowest BCUT2D eigenvalue weighted by atomic mass is 9.88. The third kappa shape index (κ3) is 4.12. The van der Waals surface area contributed by atoms with Crippen LogP contribution in [-0.4, -0.2) is 31.1 Å². The Morgan fingerprint density at radius 3 is 2.65 bits per heavy atom. The number of aryl methyl sites for hydroxylation is 1. The molecule has 2 aromatic rings. The van der Waals surface area contributed by atoms with Crippen LogP contribution in [0.2, 0.25) is 0 Å². The smallest absolute Gasteiger partial charge is 0.119 e. The van der Waals surface area contributed by atoms with E-state index in [1.54, 1.807) is 7.11 Å². The highest BCUT2D eigenvalue weighted by atomic mass is 16.5. The van der Waals surface area contributed by atoms with Crippen molar-refractivity contribution in [3.63, 3.8) is 0 Å². The largest absolute Gasteiger partial charge is 0.497 e. The van der Waals surface area contributed by atoms with E-state index in [0.29, 0.717) is 5.92 Å². The molecule has 3 rings (SSSR count). The molecule has 1 heterocycles. The van der Waals surface area contributed by atoms with Crippen molar-refractivity contribution in [2.24, 2.45) is 5.73 Å². The summed E-state index contributed by atoms with van der Waals surface area (Å²) in [6.07, 6.45) is 1.04. The van der Waals surface area contributed by atoms with Gasteiger partial charge in [-0.15, -0.1) is 0 Å². The van der Waals surface area contributed by atoms with E-state index in [4.69, 9.17) is 10.5 Å². The first-order valence-electron chi connectivity index (χ1n) is 8.31. The second-order valence-electron chi connectivity index (χ2n) is 6.65. The van der Waals surface area contributed by atoms with Gasteiger partial charge in [-0.05, 0) is 42.5 Å². The van der Waals surface area contributed by atoms with Crippen molar-refractivity contribution in [2.75, 3.05) is 20.2 Å². The van der Waals surface area contributed by atoms with Gasteiger partial charge in [0, 0.05) is 25.7 Å². The minimum atomic E-state index is 0.227. The molecule has 3 heteroatoms. The Balaban J connectivity index is 1.72. The second kappa shape index (κ2) is 7.16. The zero-order valence-electron chi connectivity index (χ0n) is 14.0. The molecular weight excluding hydrogens is 284 g/mol. The number of hydrogen-bond acceptors (Lipinski definition) is 3. The molecule has 0 bridgehead atoms. The summed E-state index contributed by atoms with van der Waals surface area (Å²) in [7, 11) is 1.72.